The molecular formula is C87H122N2O3S4. The highest BCUT2D eigenvalue weighted by molar-refractivity contribution is 7.29. The minimum absolute atomic E-state index is 0.203. The predicted molar refractivity (Wildman–Crippen MR) is 426 cm³/mol. The van der Waals surface area contributed by atoms with Crippen molar-refractivity contribution in [3.63, 3.8) is 0 Å². The molecular weight excluding hydrogens is 1250 g/mol. The number of aromatic nitrogens is 1. The second-order valence-electron chi connectivity index (χ2n) is 28.1. The van der Waals surface area contributed by atoms with Crippen LogP contribution in [-0.2, 0) is 37.0 Å². The van der Waals surface area contributed by atoms with E-state index in [2.05, 4.69) is 135 Å². The van der Waals surface area contributed by atoms with Crippen molar-refractivity contribution in [2.75, 3.05) is 7.11 Å². The van der Waals surface area contributed by atoms with Gasteiger partial charge in [0.1, 0.15) is 17.4 Å². The quantitative estimate of drug-likeness (QED) is 0.0234. The van der Waals surface area contributed by atoms with Crippen LogP contribution in [-0.4, -0.2) is 22.8 Å². The fourth-order valence-electron chi connectivity index (χ4n) is 14.8. The lowest BCUT2D eigenvalue weighted by molar-refractivity contribution is -0.132. The summed E-state index contributed by atoms with van der Waals surface area (Å²) in [5.41, 5.74) is 9.50. The van der Waals surface area contributed by atoms with E-state index in [1.165, 1.54) is 345 Å². The van der Waals surface area contributed by atoms with Crippen LogP contribution >= 0.6 is 45.3 Å². The fourth-order valence-corrected chi connectivity index (χ4v) is 20.0. The molecule has 5 heterocycles. The number of carbonyl (C=O) groups is 1. The van der Waals surface area contributed by atoms with Crippen LogP contribution in [0.4, 0.5) is 0 Å². The number of methoxy groups -OCH3 is 1. The van der Waals surface area contributed by atoms with Crippen molar-refractivity contribution in [1.82, 2.24) is 4.57 Å². The Balaban J connectivity index is 1.18. The molecule has 0 bridgehead atoms. The lowest BCUT2D eigenvalue weighted by Gasteiger charge is -2.07. The number of unbranched alkanes of at least 4 members (excludes halogenated alkanes) is 36. The zero-order valence-electron chi connectivity index (χ0n) is 60.6. The van der Waals surface area contributed by atoms with Crippen LogP contribution in [0.5, 0.6) is 5.75 Å². The van der Waals surface area contributed by atoms with Crippen molar-refractivity contribution in [2.45, 2.75) is 324 Å². The monoisotopic (exact) mass is 1370 g/mol. The molecule has 0 aliphatic rings. The van der Waals surface area contributed by atoms with Crippen LogP contribution in [0, 0.1) is 11.3 Å². The maximum Gasteiger partial charge on any atom is 0.346 e. The number of aryl methyl sites for hydroxylation is 5. The molecule has 1 N–H and O–H groups in total. The molecule has 5 aromatic heterocycles. The molecule has 5 nitrogen and oxygen atoms in total. The summed E-state index contributed by atoms with van der Waals surface area (Å²) < 4.78 is 8.25. The van der Waals surface area contributed by atoms with Crippen molar-refractivity contribution < 1.29 is 14.6 Å². The van der Waals surface area contributed by atoms with Gasteiger partial charge < -0.3 is 14.4 Å². The summed E-state index contributed by atoms with van der Waals surface area (Å²) in [6.07, 6.45) is 58.5. The average Bonchev–Trinajstić information content (AvgIpc) is 1.56. The molecule has 0 spiro atoms. The molecule has 0 saturated carbocycles. The Morgan fingerprint density at radius 3 is 1.20 bits per heavy atom. The fraction of sp³-hybridized carbons (Fsp3) is 0.586. The van der Waals surface area contributed by atoms with Crippen LogP contribution in [0.2, 0.25) is 0 Å². The molecule has 8 rings (SSSR count). The maximum atomic E-state index is 12.3. The van der Waals surface area contributed by atoms with Crippen molar-refractivity contribution >= 4 is 90.0 Å². The van der Waals surface area contributed by atoms with E-state index in [0.717, 1.165) is 49.3 Å². The van der Waals surface area contributed by atoms with Crippen LogP contribution < -0.4 is 4.74 Å². The van der Waals surface area contributed by atoms with E-state index in [1.54, 1.807) is 24.5 Å². The van der Waals surface area contributed by atoms with Crippen LogP contribution in [0.3, 0.4) is 0 Å². The van der Waals surface area contributed by atoms with E-state index in [0.29, 0.717) is 0 Å². The van der Waals surface area contributed by atoms with Crippen LogP contribution in [0.25, 0.3) is 78.4 Å². The number of nitriles is 1. The first kappa shape index (κ1) is 76.8. The number of carboxylic acid groups (broad SMARTS) is 1. The summed E-state index contributed by atoms with van der Waals surface area (Å²) in [7, 11) is 1.77. The minimum atomic E-state index is -1.16. The summed E-state index contributed by atoms with van der Waals surface area (Å²) in [4.78, 5) is 22.9. The van der Waals surface area contributed by atoms with E-state index in [4.69, 9.17) is 4.74 Å². The Hall–Kier alpha value is -4.98. The van der Waals surface area contributed by atoms with Crippen molar-refractivity contribution in [3.8, 4) is 51.5 Å². The first-order valence-corrected chi connectivity index (χ1v) is 42.4. The van der Waals surface area contributed by atoms with Gasteiger partial charge in [-0.15, -0.1) is 45.3 Å². The van der Waals surface area contributed by atoms with Crippen LogP contribution in [0.15, 0.2) is 78.4 Å². The maximum absolute atomic E-state index is 12.3. The van der Waals surface area contributed by atoms with E-state index >= 15 is 0 Å². The van der Waals surface area contributed by atoms with Gasteiger partial charge in [-0.25, -0.2) is 4.79 Å². The van der Waals surface area contributed by atoms with E-state index in [1.807, 2.05) is 17.4 Å². The normalized spacial score (nSPS) is 12.0. The molecule has 3 aromatic carbocycles. The molecule has 9 heteroatoms. The van der Waals surface area contributed by atoms with Gasteiger partial charge in [0.05, 0.1) is 7.11 Å². The van der Waals surface area contributed by atoms with Gasteiger partial charge in [0, 0.05) is 67.4 Å². The number of aliphatic carboxylic acids is 1. The van der Waals surface area contributed by atoms with Crippen molar-refractivity contribution in [1.29, 1.82) is 5.26 Å². The number of fused-ring (bicyclic) bond motifs is 5. The molecule has 0 aliphatic carbocycles. The second-order valence-corrected chi connectivity index (χ2v) is 32.4. The van der Waals surface area contributed by atoms with E-state index < -0.39 is 5.97 Å². The van der Waals surface area contributed by atoms with Gasteiger partial charge >= 0.3 is 5.97 Å². The Labute approximate surface area is 598 Å². The molecule has 0 radical (unpaired) electrons. The minimum Gasteiger partial charge on any atom is -0.497 e. The molecule has 0 amide bonds. The Morgan fingerprint density at radius 1 is 0.427 bits per heavy atom. The smallest absolute Gasteiger partial charge is 0.346 e. The van der Waals surface area contributed by atoms with Crippen molar-refractivity contribution in [3.05, 3.63) is 106 Å². The number of benzene rings is 3. The van der Waals surface area contributed by atoms with Gasteiger partial charge in [0.15, 0.2) is 0 Å². The molecule has 96 heavy (non-hydrogen) atoms. The first-order valence-electron chi connectivity index (χ1n) is 39.1. The van der Waals surface area contributed by atoms with Gasteiger partial charge in [-0.1, -0.05) is 271 Å². The number of ether oxygens (including phenoxy) is 1. The summed E-state index contributed by atoms with van der Waals surface area (Å²) in [6.45, 7) is 12.4. The summed E-state index contributed by atoms with van der Waals surface area (Å²) in [5.74, 6) is -0.272. The molecule has 522 valence electrons. The zero-order valence-corrected chi connectivity index (χ0v) is 63.9. The predicted octanol–water partition coefficient (Wildman–Crippen LogP) is 29.7. The zero-order chi connectivity index (χ0) is 67.5. The highest BCUT2D eigenvalue weighted by Gasteiger charge is 2.24. The van der Waals surface area contributed by atoms with Gasteiger partial charge in [-0.2, -0.15) is 5.26 Å². The number of nitrogens with zero attached hydrogens (tertiary/aromatic N) is 2. The van der Waals surface area contributed by atoms with Gasteiger partial charge in [-0.05, 0) is 164 Å². The third-order valence-electron chi connectivity index (χ3n) is 20.4. The Kier molecular flexibility index (Phi) is 34.8. The summed E-state index contributed by atoms with van der Waals surface area (Å²) in [6, 6.07) is 30.6. The molecule has 0 aliphatic heterocycles. The van der Waals surface area contributed by atoms with Crippen molar-refractivity contribution in [2.24, 2.45) is 0 Å². The molecule has 8 aromatic rings. The topological polar surface area (TPSA) is 75.2 Å². The molecule has 0 unspecified atom stereocenters. The Morgan fingerprint density at radius 2 is 0.802 bits per heavy atom. The highest BCUT2D eigenvalue weighted by Crippen LogP contribution is 2.51. The number of rotatable bonds is 52. The largest absolute Gasteiger partial charge is 0.497 e. The third-order valence-corrected chi connectivity index (χ3v) is 25.6. The summed E-state index contributed by atoms with van der Waals surface area (Å²) in [5, 5.41) is 25.2. The lowest BCUT2D eigenvalue weighted by atomic mass is 9.99. The van der Waals surface area contributed by atoms with E-state index in [-0.39, 0.29) is 5.57 Å². The first-order chi connectivity index (χ1) is 47.2. The number of thiophene rings is 4. The Bertz CT molecular complexity index is 3630. The SMILES string of the molecule is CCCCCCCCCCCCc1cc(-c2sc(-c3sc(-c4sc(/C=C(\C#N)C(=O)O)cc4CCCCCCCCCCCC)cc3CCCCCCCCCCCC)cc2CCCCCCCCCCCC)sc1-c1ccc2c(c1)c1c3ccc(OC)cc3ccc1n2CC. The average molecular weight is 1370 g/mol. The highest BCUT2D eigenvalue weighted by atomic mass is 32.1. The van der Waals surface area contributed by atoms with Gasteiger partial charge in [0.2, 0.25) is 0 Å². The van der Waals surface area contributed by atoms with E-state index in [9.17, 15) is 15.2 Å². The number of hydrogen-bond acceptors (Lipinski definition) is 7. The molecule has 0 fully saturated rings. The van der Waals surface area contributed by atoms with Gasteiger partial charge in [0.25, 0.3) is 0 Å². The molecule has 0 saturated heterocycles. The van der Waals surface area contributed by atoms with Gasteiger partial charge in [-0.3, -0.25) is 0 Å². The second kappa shape index (κ2) is 43.5. The lowest BCUT2D eigenvalue weighted by Crippen LogP contribution is -1.96. The number of carboxylic acids is 1. The number of hydrogen-bond donors (Lipinski definition) is 1. The standard InChI is InChI=1S/C87H122N2O3S4/c1-7-12-16-20-24-28-32-36-40-44-48-67-59-74(60-72(65-88)87(90)91)93-84(67)79-63-69(50-46-42-38-34-30-26-22-18-14-9-3)86(95-79)81-64-70(51-47-43-39-35-31-27-23-19-15-10-4)85(96-81)80-62-68(49-45-41-37-33-29-25-21-17-13-8-2)83(94-80)71-53-56-77-76(61-71)82-75-55-54-73(92-6)58-66(75)52-57-78(82)89(77)11-5/h52-64H,7-51H2,1-6H3,(H,90,91)/b72-60+. The summed E-state index contributed by atoms with van der Waals surface area (Å²) >= 11 is 7.77. The van der Waals surface area contributed by atoms with Crippen LogP contribution in [0.1, 0.15) is 319 Å². The molecule has 0 atom stereocenters. The third kappa shape index (κ3) is 23.3.